The normalized spacial score (nSPS) is 11.6. The molecule has 1 amide bonds. The van der Waals surface area contributed by atoms with Gasteiger partial charge in [-0.3, -0.25) is 19.5 Å². The highest BCUT2D eigenvalue weighted by Gasteiger charge is 2.22. The second-order valence-corrected chi connectivity index (χ2v) is 8.98. The highest BCUT2D eigenvalue weighted by Crippen LogP contribution is 2.28. The number of aromatic nitrogens is 3. The van der Waals surface area contributed by atoms with Crippen LogP contribution < -0.4 is 10.1 Å². The number of carbonyl (C=O) groups is 1. The Morgan fingerprint density at radius 1 is 1.03 bits per heavy atom. The summed E-state index contributed by atoms with van der Waals surface area (Å²) < 4.78 is 6.99. The summed E-state index contributed by atoms with van der Waals surface area (Å²) in [6.45, 7) is 1.84. The number of nitro benzene ring substituents is 1. The molecular weight excluding hydrogens is 478 g/mol. The first kappa shape index (κ1) is 24.9. The molecule has 0 saturated carbocycles. The van der Waals surface area contributed by atoms with Crippen LogP contribution in [0.3, 0.4) is 0 Å². The van der Waals surface area contributed by atoms with Gasteiger partial charge in [-0.1, -0.05) is 54.2 Å². The maximum atomic E-state index is 12.8. The molecule has 0 bridgehead atoms. The molecule has 0 aliphatic heterocycles. The maximum absolute atomic E-state index is 12.8. The highest BCUT2D eigenvalue weighted by molar-refractivity contribution is 7.98. The maximum Gasteiger partial charge on any atom is 0.269 e. The molecule has 10 heteroatoms. The third-order valence-corrected chi connectivity index (χ3v) is 6.48. The average molecular weight is 504 g/mol. The molecule has 9 nitrogen and oxygen atoms in total. The van der Waals surface area contributed by atoms with Crippen molar-refractivity contribution in [2.24, 2.45) is 0 Å². The first-order chi connectivity index (χ1) is 17.4. The van der Waals surface area contributed by atoms with E-state index >= 15 is 0 Å². The van der Waals surface area contributed by atoms with Crippen LogP contribution in [0.2, 0.25) is 0 Å². The first-order valence-electron chi connectivity index (χ1n) is 11.2. The molecular formula is C26H25N5O4S. The van der Waals surface area contributed by atoms with E-state index in [2.05, 4.69) is 15.5 Å². The lowest BCUT2D eigenvalue weighted by molar-refractivity contribution is -0.384. The topological polar surface area (TPSA) is 112 Å². The fourth-order valence-electron chi connectivity index (χ4n) is 3.63. The van der Waals surface area contributed by atoms with Gasteiger partial charge in [0.2, 0.25) is 5.91 Å². The third-order valence-electron chi connectivity index (χ3n) is 5.48. The van der Waals surface area contributed by atoms with E-state index in [1.54, 1.807) is 19.2 Å². The van der Waals surface area contributed by atoms with E-state index in [1.807, 2.05) is 66.1 Å². The molecule has 0 saturated heterocycles. The Morgan fingerprint density at radius 2 is 1.72 bits per heavy atom. The smallest absolute Gasteiger partial charge is 0.269 e. The van der Waals surface area contributed by atoms with Crippen LogP contribution in [0.4, 0.5) is 5.69 Å². The van der Waals surface area contributed by atoms with Gasteiger partial charge in [0, 0.05) is 23.6 Å². The Kier molecular flexibility index (Phi) is 7.96. The quantitative estimate of drug-likeness (QED) is 0.186. The predicted octanol–water partition coefficient (Wildman–Crippen LogP) is 4.90. The number of hydrogen-bond acceptors (Lipinski definition) is 7. The predicted molar refractivity (Wildman–Crippen MR) is 137 cm³/mol. The van der Waals surface area contributed by atoms with Gasteiger partial charge >= 0.3 is 0 Å². The zero-order valence-corrected chi connectivity index (χ0v) is 20.6. The molecule has 4 aromatic rings. The number of benzene rings is 3. The summed E-state index contributed by atoms with van der Waals surface area (Å²) in [4.78, 5) is 23.4. The van der Waals surface area contributed by atoms with Crippen molar-refractivity contribution in [2.45, 2.75) is 30.3 Å². The van der Waals surface area contributed by atoms with Crippen molar-refractivity contribution in [1.29, 1.82) is 0 Å². The third kappa shape index (κ3) is 6.08. The van der Waals surface area contributed by atoms with Gasteiger partial charge in [0.05, 0.1) is 24.5 Å². The van der Waals surface area contributed by atoms with Crippen LogP contribution in [-0.4, -0.2) is 32.7 Å². The Hall–Kier alpha value is -4.18. The monoisotopic (exact) mass is 503 g/mol. The number of nitro groups is 1. The van der Waals surface area contributed by atoms with Crippen molar-refractivity contribution in [3.63, 3.8) is 0 Å². The molecule has 3 aromatic carbocycles. The van der Waals surface area contributed by atoms with Crippen LogP contribution in [-0.2, 0) is 17.0 Å². The SMILES string of the molecule is COc1ccc(CC(=O)NC(C)c2nnc(SCc3ccccc3)n2-c2ccc([N+](=O)[O-])cc2)cc1. The minimum absolute atomic E-state index is 0.00675. The van der Waals surface area contributed by atoms with Gasteiger partial charge in [0.15, 0.2) is 11.0 Å². The minimum atomic E-state index is -0.454. The van der Waals surface area contributed by atoms with Crippen LogP contribution >= 0.6 is 11.8 Å². The van der Waals surface area contributed by atoms with Gasteiger partial charge in [0.25, 0.3) is 5.69 Å². The van der Waals surface area contributed by atoms with Gasteiger partial charge in [0.1, 0.15) is 5.75 Å². The molecule has 0 spiro atoms. The van der Waals surface area contributed by atoms with Crippen molar-refractivity contribution in [2.75, 3.05) is 7.11 Å². The summed E-state index contributed by atoms with van der Waals surface area (Å²) >= 11 is 1.50. The Bertz CT molecular complexity index is 1320. The van der Waals surface area contributed by atoms with Crippen LogP contribution in [0.15, 0.2) is 84.0 Å². The van der Waals surface area contributed by atoms with Gasteiger partial charge in [-0.2, -0.15) is 0 Å². The van der Waals surface area contributed by atoms with Gasteiger partial charge in [-0.25, -0.2) is 0 Å². The molecule has 0 aliphatic carbocycles. The number of amides is 1. The summed E-state index contributed by atoms with van der Waals surface area (Å²) in [5.74, 6) is 1.76. The highest BCUT2D eigenvalue weighted by atomic mass is 32.2. The molecule has 184 valence electrons. The van der Waals surface area contributed by atoms with E-state index in [-0.39, 0.29) is 18.0 Å². The van der Waals surface area contributed by atoms with Crippen LogP contribution in [0, 0.1) is 10.1 Å². The van der Waals surface area contributed by atoms with Gasteiger partial charge in [-0.05, 0) is 42.3 Å². The lowest BCUT2D eigenvalue weighted by Gasteiger charge is -2.16. The summed E-state index contributed by atoms with van der Waals surface area (Å²) in [5, 5.41) is 23.5. The molecule has 0 aliphatic rings. The molecule has 0 fully saturated rings. The molecule has 1 aromatic heterocycles. The molecule has 1 N–H and O–H groups in total. The number of hydrogen-bond donors (Lipinski definition) is 1. The number of nitrogens with zero attached hydrogens (tertiary/aromatic N) is 4. The second-order valence-electron chi connectivity index (χ2n) is 8.04. The van der Waals surface area contributed by atoms with Gasteiger partial charge in [-0.15, -0.1) is 10.2 Å². The lowest BCUT2D eigenvalue weighted by atomic mass is 10.1. The number of nitrogens with one attached hydrogen (secondary N) is 1. The molecule has 36 heavy (non-hydrogen) atoms. The summed E-state index contributed by atoms with van der Waals surface area (Å²) in [5.41, 5.74) is 2.65. The Labute approximate surface area is 212 Å². The van der Waals surface area contributed by atoms with Crippen molar-refractivity contribution in [3.05, 3.63) is 106 Å². The molecule has 1 unspecified atom stereocenters. The summed E-state index contributed by atoms with van der Waals surface area (Å²) in [7, 11) is 1.59. The van der Waals surface area contributed by atoms with Crippen molar-refractivity contribution >= 4 is 23.4 Å². The van der Waals surface area contributed by atoms with Crippen LogP contribution in [0.5, 0.6) is 5.75 Å². The van der Waals surface area contributed by atoms with E-state index in [4.69, 9.17) is 4.74 Å². The number of methoxy groups -OCH3 is 1. The van der Waals surface area contributed by atoms with Crippen LogP contribution in [0.25, 0.3) is 5.69 Å². The summed E-state index contributed by atoms with van der Waals surface area (Å²) in [6.07, 6.45) is 0.204. The standard InChI is InChI=1S/C26H25N5O4S/c1-18(27-24(32)16-19-8-14-23(35-2)15-9-19)25-28-29-26(36-17-20-6-4-3-5-7-20)30(25)21-10-12-22(13-11-21)31(33)34/h3-15,18H,16-17H2,1-2H3,(H,27,32). The molecule has 1 atom stereocenters. The first-order valence-corrected chi connectivity index (χ1v) is 12.2. The number of carbonyl (C=O) groups excluding carboxylic acids is 1. The Balaban J connectivity index is 1.56. The Morgan fingerprint density at radius 3 is 2.36 bits per heavy atom. The molecule has 0 radical (unpaired) electrons. The van der Waals surface area contributed by atoms with E-state index in [9.17, 15) is 14.9 Å². The average Bonchev–Trinajstić information content (AvgIpc) is 3.32. The van der Waals surface area contributed by atoms with Crippen molar-refractivity contribution in [1.82, 2.24) is 20.1 Å². The van der Waals surface area contributed by atoms with E-state index in [1.165, 1.54) is 23.9 Å². The fraction of sp³-hybridized carbons (Fsp3) is 0.192. The molecule has 4 rings (SSSR count). The van der Waals surface area contributed by atoms with Gasteiger partial charge < -0.3 is 10.1 Å². The van der Waals surface area contributed by atoms with E-state index in [0.717, 1.165) is 16.9 Å². The summed E-state index contributed by atoms with van der Waals surface area (Å²) in [6, 6.07) is 23.0. The number of rotatable bonds is 10. The number of non-ortho nitro benzene ring substituents is 1. The number of ether oxygens (including phenoxy) is 1. The van der Waals surface area contributed by atoms with Crippen LogP contribution in [0.1, 0.15) is 29.9 Å². The van der Waals surface area contributed by atoms with Crippen molar-refractivity contribution < 1.29 is 14.5 Å². The number of thioether (sulfide) groups is 1. The fourth-order valence-corrected chi connectivity index (χ4v) is 4.54. The van der Waals surface area contributed by atoms with E-state index < -0.39 is 11.0 Å². The van der Waals surface area contributed by atoms with Crippen molar-refractivity contribution in [3.8, 4) is 11.4 Å². The van der Waals surface area contributed by atoms with E-state index in [0.29, 0.717) is 22.4 Å². The zero-order chi connectivity index (χ0) is 25.5. The molecule has 1 heterocycles. The lowest BCUT2D eigenvalue weighted by Crippen LogP contribution is -2.30. The minimum Gasteiger partial charge on any atom is -0.497 e. The second kappa shape index (κ2) is 11.5. The zero-order valence-electron chi connectivity index (χ0n) is 19.8. The largest absolute Gasteiger partial charge is 0.497 e.